The Labute approximate surface area is 180 Å². The Morgan fingerprint density at radius 3 is 2.37 bits per heavy atom. The summed E-state index contributed by atoms with van der Waals surface area (Å²) < 4.78 is 0. The molecule has 0 fully saturated rings. The predicted octanol–water partition coefficient (Wildman–Crippen LogP) is 4.03. The summed E-state index contributed by atoms with van der Waals surface area (Å²) in [5.74, 6) is 0.187. The molecule has 4 N–H and O–H groups in total. The first kappa shape index (κ1) is 21.4. The minimum atomic E-state index is -0.468. The van der Waals surface area contributed by atoms with Crippen LogP contribution in [-0.4, -0.2) is 26.1 Å². The summed E-state index contributed by atoms with van der Waals surface area (Å²) in [5.41, 5.74) is 8.50. The Hall–Kier alpha value is -3.26. The van der Waals surface area contributed by atoms with Gasteiger partial charge in [-0.2, -0.15) is 5.10 Å². The van der Waals surface area contributed by atoms with Gasteiger partial charge in [0.05, 0.1) is 11.7 Å². The third-order valence-corrected chi connectivity index (χ3v) is 4.90. The number of carbonyl (C=O) groups excluding carboxylic acids is 1. The first-order valence-electron chi connectivity index (χ1n) is 9.43. The van der Waals surface area contributed by atoms with Crippen LogP contribution in [0.2, 0.25) is 5.02 Å². The fraction of sp³-hybridized carbons (Fsp3) is 0.286. The molecular weight excluding hydrogens is 402 g/mol. The number of halogens is 1. The van der Waals surface area contributed by atoms with E-state index in [1.807, 2.05) is 12.1 Å². The molecule has 1 aromatic carbocycles. The maximum atomic E-state index is 12.4. The molecule has 2 aromatic heterocycles. The van der Waals surface area contributed by atoms with Crippen LogP contribution in [-0.2, 0) is 5.41 Å². The first-order valence-corrected chi connectivity index (χ1v) is 9.81. The summed E-state index contributed by atoms with van der Waals surface area (Å²) in [7, 11) is 0. The molecule has 3 aromatic rings. The number of anilines is 3. The van der Waals surface area contributed by atoms with Crippen LogP contribution in [0.4, 0.5) is 17.3 Å². The molecule has 3 rings (SSSR count). The Balaban J connectivity index is 1.65. The summed E-state index contributed by atoms with van der Waals surface area (Å²) in [6.45, 7) is 8.31. The van der Waals surface area contributed by atoms with Crippen molar-refractivity contribution in [3.05, 3.63) is 64.7 Å². The molecule has 0 bridgehead atoms. The van der Waals surface area contributed by atoms with Gasteiger partial charge in [0.25, 0.3) is 5.91 Å². The summed E-state index contributed by atoms with van der Waals surface area (Å²) in [4.78, 5) is 20.0. The number of benzene rings is 1. The van der Waals surface area contributed by atoms with Crippen molar-refractivity contribution in [3.8, 4) is 0 Å². The average molecular weight is 426 g/mol. The van der Waals surface area contributed by atoms with Gasteiger partial charge in [0, 0.05) is 5.69 Å². The highest BCUT2D eigenvalue weighted by Gasteiger charge is 2.18. The fourth-order valence-corrected chi connectivity index (χ4v) is 2.91. The number of aromatic nitrogens is 4. The SMILES string of the molecule is CC(NC(=O)c1ncnc(N)c1Cl)c1ccc(Nc2ccc(C(C)(C)C)cc2)nn1. The van der Waals surface area contributed by atoms with Crippen molar-refractivity contribution in [1.29, 1.82) is 0 Å². The van der Waals surface area contributed by atoms with Gasteiger partial charge < -0.3 is 16.4 Å². The molecule has 9 heteroatoms. The molecule has 0 aliphatic rings. The van der Waals surface area contributed by atoms with Crippen molar-refractivity contribution in [2.75, 3.05) is 11.1 Å². The maximum Gasteiger partial charge on any atom is 0.272 e. The Bertz CT molecular complexity index is 1030. The van der Waals surface area contributed by atoms with Gasteiger partial charge in [0.1, 0.15) is 17.2 Å². The second-order valence-corrected chi connectivity index (χ2v) is 8.29. The minimum absolute atomic E-state index is 0.0148. The lowest BCUT2D eigenvalue weighted by Crippen LogP contribution is -2.28. The van der Waals surface area contributed by atoms with Crippen LogP contribution in [0.3, 0.4) is 0 Å². The van der Waals surface area contributed by atoms with Crippen LogP contribution in [0, 0.1) is 0 Å². The molecule has 0 aliphatic carbocycles. The van der Waals surface area contributed by atoms with Gasteiger partial charge in [-0.05, 0) is 42.2 Å². The molecule has 0 aliphatic heterocycles. The summed E-state index contributed by atoms with van der Waals surface area (Å²) in [6.07, 6.45) is 1.19. The number of carbonyl (C=O) groups is 1. The van der Waals surface area contributed by atoms with Gasteiger partial charge in [-0.1, -0.05) is 44.5 Å². The lowest BCUT2D eigenvalue weighted by molar-refractivity contribution is 0.0934. The molecular formula is C21H24ClN7O. The number of hydrogen-bond acceptors (Lipinski definition) is 7. The van der Waals surface area contributed by atoms with Crippen LogP contribution in [0.5, 0.6) is 0 Å². The largest absolute Gasteiger partial charge is 0.382 e. The van der Waals surface area contributed by atoms with Gasteiger partial charge >= 0.3 is 0 Å². The van der Waals surface area contributed by atoms with E-state index in [1.54, 1.807) is 19.1 Å². The van der Waals surface area contributed by atoms with E-state index in [9.17, 15) is 4.79 Å². The van der Waals surface area contributed by atoms with Crippen molar-refractivity contribution in [2.45, 2.75) is 39.2 Å². The molecule has 1 unspecified atom stereocenters. The van der Waals surface area contributed by atoms with Crippen LogP contribution >= 0.6 is 11.6 Å². The van der Waals surface area contributed by atoms with Crippen LogP contribution < -0.4 is 16.4 Å². The molecule has 2 heterocycles. The standard InChI is InChI=1S/C21H24ClN7O/c1-12(26-20(30)18-17(22)19(23)25-11-24-18)15-9-10-16(29-28-15)27-14-7-5-13(6-8-14)21(2,3)4/h5-12H,1-4H3,(H,26,30)(H,27,29)(H2,23,24,25). The lowest BCUT2D eigenvalue weighted by Gasteiger charge is -2.19. The zero-order valence-corrected chi connectivity index (χ0v) is 18.0. The van der Waals surface area contributed by atoms with Crippen molar-refractivity contribution in [1.82, 2.24) is 25.5 Å². The number of nitrogens with two attached hydrogens (primary N) is 1. The predicted molar refractivity (Wildman–Crippen MR) is 118 cm³/mol. The zero-order valence-electron chi connectivity index (χ0n) is 17.3. The summed E-state index contributed by atoms with van der Waals surface area (Å²) in [6, 6.07) is 11.4. The second-order valence-electron chi connectivity index (χ2n) is 7.91. The monoisotopic (exact) mass is 425 g/mol. The molecule has 1 amide bonds. The van der Waals surface area contributed by atoms with E-state index in [4.69, 9.17) is 17.3 Å². The third-order valence-electron chi connectivity index (χ3n) is 4.53. The average Bonchev–Trinajstić information content (AvgIpc) is 2.70. The van der Waals surface area contributed by atoms with E-state index in [1.165, 1.54) is 11.9 Å². The highest BCUT2D eigenvalue weighted by Crippen LogP contribution is 2.25. The van der Waals surface area contributed by atoms with Crippen LogP contribution in [0.25, 0.3) is 0 Å². The Kier molecular flexibility index (Phi) is 6.17. The van der Waals surface area contributed by atoms with E-state index in [-0.39, 0.29) is 21.9 Å². The topological polar surface area (TPSA) is 119 Å². The van der Waals surface area contributed by atoms with Gasteiger partial charge in [-0.3, -0.25) is 4.79 Å². The van der Waals surface area contributed by atoms with Crippen molar-refractivity contribution < 1.29 is 4.79 Å². The van der Waals surface area contributed by atoms with E-state index < -0.39 is 11.9 Å². The highest BCUT2D eigenvalue weighted by atomic mass is 35.5. The summed E-state index contributed by atoms with van der Waals surface area (Å²) >= 11 is 6.00. The molecule has 0 saturated heterocycles. The smallest absolute Gasteiger partial charge is 0.272 e. The van der Waals surface area contributed by atoms with Crippen molar-refractivity contribution in [2.24, 2.45) is 0 Å². The van der Waals surface area contributed by atoms with Crippen LogP contribution in [0.1, 0.15) is 55.5 Å². The Morgan fingerprint density at radius 1 is 1.07 bits per heavy atom. The highest BCUT2D eigenvalue weighted by molar-refractivity contribution is 6.35. The molecule has 0 saturated carbocycles. The zero-order chi connectivity index (χ0) is 21.9. The van der Waals surface area contributed by atoms with Crippen LogP contribution in [0.15, 0.2) is 42.7 Å². The lowest BCUT2D eigenvalue weighted by atomic mass is 9.87. The van der Waals surface area contributed by atoms with E-state index >= 15 is 0 Å². The molecule has 0 radical (unpaired) electrons. The van der Waals surface area contributed by atoms with E-state index in [0.29, 0.717) is 11.5 Å². The molecule has 1 atom stereocenters. The van der Waals surface area contributed by atoms with Gasteiger partial charge in [-0.25, -0.2) is 9.97 Å². The number of nitrogens with one attached hydrogen (secondary N) is 2. The first-order chi connectivity index (χ1) is 14.1. The maximum absolute atomic E-state index is 12.4. The van der Waals surface area contributed by atoms with Gasteiger partial charge in [0.2, 0.25) is 0 Å². The Morgan fingerprint density at radius 2 is 1.77 bits per heavy atom. The normalized spacial score (nSPS) is 12.3. The van der Waals surface area contributed by atoms with E-state index in [2.05, 4.69) is 63.7 Å². The fourth-order valence-electron chi connectivity index (χ4n) is 2.72. The molecule has 156 valence electrons. The second kappa shape index (κ2) is 8.62. The van der Waals surface area contributed by atoms with Gasteiger partial charge in [-0.15, -0.1) is 5.10 Å². The third kappa shape index (κ3) is 5.01. The number of nitrogen functional groups attached to an aromatic ring is 1. The van der Waals surface area contributed by atoms with Crippen molar-refractivity contribution in [3.63, 3.8) is 0 Å². The summed E-state index contributed by atoms with van der Waals surface area (Å²) in [5, 5.41) is 14.4. The number of amides is 1. The van der Waals surface area contributed by atoms with Crippen molar-refractivity contribution >= 4 is 34.8 Å². The number of nitrogens with zero attached hydrogens (tertiary/aromatic N) is 4. The van der Waals surface area contributed by atoms with E-state index in [0.717, 1.165) is 5.69 Å². The molecule has 0 spiro atoms. The molecule has 8 nitrogen and oxygen atoms in total. The molecule has 30 heavy (non-hydrogen) atoms. The minimum Gasteiger partial charge on any atom is -0.382 e. The quantitative estimate of drug-likeness (QED) is 0.564. The number of hydrogen-bond donors (Lipinski definition) is 3. The number of rotatable bonds is 5. The van der Waals surface area contributed by atoms with Gasteiger partial charge in [0.15, 0.2) is 11.5 Å².